The molecule has 0 amide bonds. The highest BCUT2D eigenvalue weighted by molar-refractivity contribution is 8.00. The van der Waals surface area contributed by atoms with E-state index in [0.717, 1.165) is 4.90 Å². The molecule has 76 valence electrons. The van der Waals surface area contributed by atoms with Crippen LogP contribution in [0.2, 0.25) is 0 Å². The third-order valence-electron chi connectivity index (χ3n) is 1.91. The summed E-state index contributed by atoms with van der Waals surface area (Å²) in [6.45, 7) is 4.28. The Morgan fingerprint density at radius 3 is 2.36 bits per heavy atom. The van der Waals surface area contributed by atoms with Gasteiger partial charge < -0.3 is 5.11 Å². The summed E-state index contributed by atoms with van der Waals surface area (Å²) in [6, 6.07) is 8.05. The van der Waals surface area contributed by atoms with Crippen LogP contribution in [-0.2, 0) is 4.79 Å². The van der Waals surface area contributed by atoms with E-state index in [9.17, 15) is 4.79 Å². The monoisotopic (exact) mass is 210 g/mol. The van der Waals surface area contributed by atoms with Gasteiger partial charge in [-0.05, 0) is 23.6 Å². The highest BCUT2D eigenvalue weighted by Gasteiger charge is 2.01. The molecule has 0 radical (unpaired) electrons. The van der Waals surface area contributed by atoms with Crippen molar-refractivity contribution >= 4 is 17.7 Å². The first kappa shape index (κ1) is 11.1. The minimum Gasteiger partial charge on any atom is -0.481 e. The van der Waals surface area contributed by atoms with Gasteiger partial charge in [0.2, 0.25) is 0 Å². The number of carboxylic acids is 1. The molecule has 0 saturated heterocycles. The minimum atomic E-state index is -0.775. The smallest absolute Gasteiger partial charge is 0.313 e. The highest BCUT2D eigenvalue weighted by atomic mass is 32.2. The molecule has 3 heteroatoms. The van der Waals surface area contributed by atoms with Crippen LogP contribution in [0.4, 0.5) is 0 Å². The molecule has 2 nitrogen and oxygen atoms in total. The molecule has 14 heavy (non-hydrogen) atoms. The quantitative estimate of drug-likeness (QED) is 0.776. The maximum Gasteiger partial charge on any atom is 0.313 e. The van der Waals surface area contributed by atoms with Crippen LogP contribution in [0.25, 0.3) is 0 Å². The van der Waals surface area contributed by atoms with Crippen LogP contribution >= 0.6 is 11.8 Å². The lowest BCUT2D eigenvalue weighted by molar-refractivity contribution is -0.133. The van der Waals surface area contributed by atoms with Gasteiger partial charge in [0.25, 0.3) is 0 Å². The summed E-state index contributed by atoms with van der Waals surface area (Å²) < 4.78 is 0. The third-order valence-corrected chi connectivity index (χ3v) is 2.91. The fourth-order valence-corrected chi connectivity index (χ4v) is 1.71. The number of aliphatic carboxylic acids is 1. The maximum absolute atomic E-state index is 10.3. The van der Waals surface area contributed by atoms with Crippen LogP contribution in [-0.4, -0.2) is 16.8 Å². The van der Waals surface area contributed by atoms with Gasteiger partial charge in [0, 0.05) is 4.90 Å². The van der Waals surface area contributed by atoms with Crippen molar-refractivity contribution in [3.63, 3.8) is 0 Å². The zero-order valence-corrected chi connectivity index (χ0v) is 9.17. The Morgan fingerprint density at radius 1 is 1.36 bits per heavy atom. The van der Waals surface area contributed by atoms with E-state index in [0.29, 0.717) is 5.92 Å². The fraction of sp³-hybridized carbons (Fsp3) is 0.364. The molecule has 0 heterocycles. The van der Waals surface area contributed by atoms with Gasteiger partial charge in [-0.25, -0.2) is 0 Å². The van der Waals surface area contributed by atoms with Crippen LogP contribution in [0.3, 0.4) is 0 Å². The van der Waals surface area contributed by atoms with E-state index in [1.54, 1.807) is 0 Å². The zero-order chi connectivity index (χ0) is 10.6. The van der Waals surface area contributed by atoms with Gasteiger partial charge in [0.1, 0.15) is 0 Å². The summed E-state index contributed by atoms with van der Waals surface area (Å²) >= 11 is 1.35. The lowest BCUT2D eigenvalue weighted by Crippen LogP contribution is -1.97. The lowest BCUT2D eigenvalue weighted by Gasteiger charge is -2.05. The van der Waals surface area contributed by atoms with Gasteiger partial charge in [-0.1, -0.05) is 26.0 Å². The summed E-state index contributed by atoms with van der Waals surface area (Å²) in [4.78, 5) is 11.3. The molecule has 0 spiro atoms. The first-order valence-electron chi connectivity index (χ1n) is 4.54. The molecule has 0 aliphatic rings. The Labute approximate surface area is 88.3 Å². The van der Waals surface area contributed by atoms with Crippen molar-refractivity contribution in [1.82, 2.24) is 0 Å². The highest BCUT2D eigenvalue weighted by Crippen LogP contribution is 2.21. The molecule has 0 aromatic heterocycles. The predicted molar refractivity (Wildman–Crippen MR) is 58.9 cm³/mol. The lowest BCUT2D eigenvalue weighted by atomic mass is 10.0. The van der Waals surface area contributed by atoms with Crippen molar-refractivity contribution in [3.05, 3.63) is 29.8 Å². The van der Waals surface area contributed by atoms with E-state index in [2.05, 4.69) is 26.0 Å². The van der Waals surface area contributed by atoms with E-state index in [1.807, 2.05) is 12.1 Å². The Hall–Kier alpha value is -0.960. The fourth-order valence-electron chi connectivity index (χ4n) is 1.09. The first-order chi connectivity index (χ1) is 6.59. The minimum absolute atomic E-state index is 0.126. The molecule has 1 N–H and O–H groups in total. The number of hydrogen-bond donors (Lipinski definition) is 1. The molecule has 0 aliphatic carbocycles. The Kier molecular flexibility index (Phi) is 4.01. The molecule has 0 fully saturated rings. The molecule has 0 atom stereocenters. The van der Waals surface area contributed by atoms with Gasteiger partial charge >= 0.3 is 5.97 Å². The number of carboxylic acid groups (broad SMARTS) is 1. The van der Waals surface area contributed by atoms with Gasteiger partial charge in [0.05, 0.1) is 5.75 Å². The van der Waals surface area contributed by atoms with Crippen LogP contribution < -0.4 is 0 Å². The van der Waals surface area contributed by atoms with E-state index in [-0.39, 0.29) is 5.75 Å². The summed E-state index contributed by atoms with van der Waals surface area (Å²) in [5, 5.41) is 8.50. The normalized spacial score (nSPS) is 10.5. The second kappa shape index (κ2) is 5.05. The van der Waals surface area contributed by atoms with Crippen molar-refractivity contribution in [2.24, 2.45) is 0 Å². The van der Waals surface area contributed by atoms with Crippen molar-refractivity contribution in [1.29, 1.82) is 0 Å². The summed E-state index contributed by atoms with van der Waals surface area (Å²) in [7, 11) is 0. The maximum atomic E-state index is 10.3. The Bertz CT molecular complexity index is 304. The standard InChI is InChI=1S/C11H14O2S/c1-8(2)9-3-5-10(6-4-9)14-7-11(12)13/h3-6,8H,7H2,1-2H3,(H,12,13). The van der Waals surface area contributed by atoms with Crippen molar-refractivity contribution < 1.29 is 9.90 Å². The predicted octanol–water partition coefficient (Wildman–Crippen LogP) is 2.99. The molecule has 0 aliphatic heterocycles. The SMILES string of the molecule is CC(C)c1ccc(SCC(=O)O)cc1. The first-order valence-corrected chi connectivity index (χ1v) is 5.52. The second-order valence-corrected chi connectivity index (χ2v) is 4.45. The third kappa shape index (κ3) is 3.42. The van der Waals surface area contributed by atoms with Crippen molar-refractivity contribution in [3.8, 4) is 0 Å². The molecule has 1 rings (SSSR count). The number of benzene rings is 1. The van der Waals surface area contributed by atoms with Crippen molar-refractivity contribution in [2.75, 3.05) is 5.75 Å². The molecule has 0 unspecified atom stereocenters. The topological polar surface area (TPSA) is 37.3 Å². The van der Waals surface area contributed by atoms with E-state index >= 15 is 0 Å². The summed E-state index contributed by atoms with van der Waals surface area (Å²) in [5.74, 6) is -0.127. The average Bonchev–Trinajstić information content (AvgIpc) is 2.15. The molecule has 0 saturated carbocycles. The van der Waals surface area contributed by atoms with E-state index in [1.165, 1.54) is 17.3 Å². The number of carbonyl (C=O) groups is 1. The van der Waals surface area contributed by atoms with Crippen LogP contribution in [0.1, 0.15) is 25.3 Å². The number of thioether (sulfide) groups is 1. The van der Waals surface area contributed by atoms with Gasteiger partial charge in [0.15, 0.2) is 0 Å². The van der Waals surface area contributed by atoms with E-state index in [4.69, 9.17) is 5.11 Å². The number of hydrogen-bond acceptors (Lipinski definition) is 2. The number of rotatable bonds is 4. The van der Waals surface area contributed by atoms with Gasteiger partial charge in [-0.3, -0.25) is 4.79 Å². The average molecular weight is 210 g/mol. The summed E-state index contributed by atoms with van der Waals surface area (Å²) in [6.07, 6.45) is 0. The Morgan fingerprint density at radius 2 is 1.93 bits per heavy atom. The van der Waals surface area contributed by atoms with Crippen LogP contribution in [0.5, 0.6) is 0 Å². The summed E-state index contributed by atoms with van der Waals surface area (Å²) in [5.41, 5.74) is 1.28. The Balaban J connectivity index is 2.59. The molecular formula is C11H14O2S. The van der Waals surface area contributed by atoms with Crippen LogP contribution in [0, 0.1) is 0 Å². The second-order valence-electron chi connectivity index (χ2n) is 3.41. The van der Waals surface area contributed by atoms with Crippen LogP contribution in [0.15, 0.2) is 29.2 Å². The van der Waals surface area contributed by atoms with Crippen molar-refractivity contribution in [2.45, 2.75) is 24.7 Å². The molecule has 1 aromatic carbocycles. The zero-order valence-electron chi connectivity index (χ0n) is 8.36. The molecule has 1 aromatic rings. The van der Waals surface area contributed by atoms with Gasteiger partial charge in [-0.2, -0.15) is 0 Å². The largest absolute Gasteiger partial charge is 0.481 e. The molecular weight excluding hydrogens is 196 g/mol. The molecule has 0 bridgehead atoms. The van der Waals surface area contributed by atoms with E-state index < -0.39 is 5.97 Å². The van der Waals surface area contributed by atoms with Gasteiger partial charge in [-0.15, -0.1) is 11.8 Å².